The fraction of sp³-hybridized carbons (Fsp3) is 0.545. The number of hydrazine groups is 1. The first-order valence-corrected chi connectivity index (χ1v) is 6.33. The molecule has 0 unspecified atom stereocenters. The van der Waals surface area contributed by atoms with E-state index in [4.69, 9.17) is 15.7 Å². The van der Waals surface area contributed by atoms with E-state index in [0.29, 0.717) is 17.0 Å². The van der Waals surface area contributed by atoms with Crippen molar-refractivity contribution >= 4 is 17.0 Å². The Hall–Kier alpha value is -1.85. The Balaban J connectivity index is 2.04. The Morgan fingerprint density at radius 2 is 2.10 bits per heavy atom. The number of aliphatic hydroxyl groups is 3. The number of aromatic nitrogens is 4. The highest BCUT2D eigenvalue weighted by Crippen LogP contribution is 2.32. The summed E-state index contributed by atoms with van der Waals surface area (Å²) < 4.78 is 6.94. The molecule has 0 saturated carbocycles. The average Bonchev–Trinajstić information content (AvgIpc) is 3.01. The van der Waals surface area contributed by atoms with Gasteiger partial charge in [-0.1, -0.05) is 0 Å². The quantitative estimate of drug-likeness (QED) is 0.364. The number of nitrogens with two attached hydrogens (primary N) is 1. The van der Waals surface area contributed by atoms with Gasteiger partial charge < -0.3 is 20.1 Å². The largest absolute Gasteiger partial charge is 0.394 e. The number of aliphatic hydroxyl groups excluding tert-OH is 3. The Morgan fingerprint density at radius 1 is 1.33 bits per heavy atom. The maximum Gasteiger partial charge on any atom is 0.174 e. The molecule has 0 bridgehead atoms. The van der Waals surface area contributed by atoms with Crippen molar-refractivity contribution in [2.75, 3.05) is 18.7 Å². The van der Waals surface area contributed by atoms with E-state index in [-0.39, 0.29) is 0 Å². The summed E-state index contributed by atoms with van der Waals surface area (Å²) in [5.41, 5.74) is 0.854. The van der Waals surface area contributed by atoms with Gasteiger partial charge in [0.1, 0.15) is 24.6 Å². The third-order valence-electron chi connectivity index (χ3n) is 3.46. The van der Waals surface area contributed by atoms with E-state index < -0.39 is 31.1 Å². The van der Waals surface area contributed by atoms with E-state index in [2.05, 4.69) is 15.0 Å². The molecule has 1 fully saturated rings. The van der Waals surface area contributed by atoms with Crippen LogP contribution in [0.5, 0.6) is 0 Å². The third-order valence-corrected chi connectivity index (χ3v) is 3.46. The Kier molecular flexibility index (Phi) is 3.47. The van der Waals surface area contributed by atoms with Crippen molar-refractivity contribution in [3.63, 3.8) is 0 Å². The van der Waals surface area contributed by atoms with Crippen molar-refractivity contribution in [2.45, 2.75) is 24.5 Å². The molecule has 10 heteroatoms. The minimum atomic E-state index is -1.20. The molecule has 1 aliphatic rings. The maximum atomic E-state index is 10.1. The summed E-state index contributed by atoms with van der Waals surface area (Å²) in [6, 6.07) is 0. The monoisotopic (exact) mass is 296 g/mol. The summed E-state index contributed by atoms with van der Waals surface area (Å²) in [7, 11) is 1.62. The summed E-state index contributed by atoms with van der Waals surface area (Å²) in [5.74, 6) is 6.10. The molecule has 1 aliphatic heterocycles. The predicted octanol–water partition coefficient (Wildman–Crippen LogP) is -2.25. The lowest BCUT2D eigenvalue weighted by Gasteiger charge is -2.17. The standard InChI is InChI=1S/C11H16N6O4/c1-16(12)9-6-10(14-3-13-9)17(4-15-6)11-8(20)7(19)5(2-18)21-11/h3-5,7-8,11,18-20H,2,12H2,1H3/t5-,7+,8+,11+/m0/s1. The molecule has 3 rings (SSSR count). The number of rotatable bonds is 3. The second kappa shape index (κ2) is 5.16. The van der Waals surface area contributed by atoms with E-state index in [0.717, 1.165) is 0 Å². The van der Waals surface area contributed by atoms with Crippen molar-refractivity contribution in [2.24, 2.45) is 5.84 Å². The lowest BCUT2D eigenvalue weighted by Crippen LogP contribution is -2.33. The van der Waals surface area contributed by atoms with Crippen LogP contribution in [0, 0.1) is 0 Å². The summed E-state index contributed by atoms with van der Waals surface area (Å²) >= 11 is 0. The first-order valence-electron chi connectivity index (χ1n) is 6.33. The maximum absolute atomic E-state index is 10.1. The summed E-state index contributed by atoms with van der Waals surface area (Å²) in [5, 5.41) is 30.3. The molecular formula is C11H16N6O4. The van der Waals surface area contributed by atoms with Gasteiger partial charge in [-0.15, -0.1) is 0 Å². The molecule has 3 heterocycles. The van der Waals surface area contributed by atoms with Gasteiger partial charge in [-0.25, -0.2) is 20.8 Å². The summed E-state index contributed by atoms with van der Waals surface area (Å²) in [6.45, 7) is -0.396. The van der Waals surface area contributed by atoms with Gasteiger partial charge in [0, 0.05) is 7.05 Å². The zero-order chi connectivity index (χ0) is 15.1. The van der Waals surface area contributed by atoms with E-state index in [1.807, 2.05) is 0 Å². The molecule has 114 valence electrons. The first-order chi connectivity index (χ1) is 10.0. The lowest BCUT2D eigenvalue weighted by atomic mass is 10.1. The molecule has 4 atom stereocenters. The Bertz CT molecular complexity index is 647. The minimum absolute atomic E-state index is 0.396. The Labute approximate surface area is 119 Å². The molecule has 1 saturated heterocycles. The molecule has 0 aromatic carbocycles. The number of imidazole rings is 1. The molecule has 0 amide bonds. The van der Waals surface area contributed by atoms with Gasteiger partial charge in [-0.3, -0.25) is 9.58 Å². The van der Waals surface area contributed by atoms with Gasteiger partial charge in [-0.2, -0.15) is 0 Å². The van der Waals surface area contributed by atoms with Crippen LogP contribution in [0.15, 0.2) is 12.7 Å². The van der Waals surface area contributed by atoms with Gasteiger partial charge in [0.05, 0.1) is 12.9 Å². The van der Waals surface area contributed by atoms with Crippen molar-refractivity contribution < 1.29 is 20.1 Å². The van der Waals surface area contributed by atoms with Crippen LogP contribution in [-0.2, 0) is 4.74 Å². The second-order valence-electron chi connectivity index (χ2n) is 4.86. The van der Waals surface area contributed by atoms with E-state index in [1.165, 1.54) is 22.2 Å². The first kappa shape index (κ1) is 14.1. The van der Waals surface area contributed by atoms with Crippen molar-refractivity contribution in [3.8, 4) is 0 Å². The van der Waals surface area contributed by atoms with Gasteiger partial charge in [0.25, 0.3) is 0 Å². The predicted molar refractivity (Wildman–Crippen MR) is 70.9 cm³/mol. The fourth-order valence-corrected chi connectivity index (χ4v) is 2.39. The van der Waals surface area contributed by atoms with E-state index in [1.54, 1.807) is 7.05 Å². The van der Waals surface area contributed by atoms with Crippen LogP contribution in [0.3, 0.4) is 0 Å². The minimum Gasteiger partial charge on any atom is -0.394 e. The number of hydrogen-bond acceptors (Lipinski definition) is 9. The molecule has 5 N–H and O–H groups in total. The molecule has 10 nitrogen and oxygen atoms in total. The van der Waals surface area contributed by atoms with Crippen molar-refractivity contribution in [3.05, 3.63) is 12.7 Å². The van der Waals surface area contributed by atoms with Crippen molar-refractivity contribution in [1.82, 2.24) is 19.5 Å². The van der Waals surface area contributed by atoms with Crippen LogP contribution < -0.4 is 10.9 Å². The number of hydrogen-bond donors (Lipinski definition) is 4. The average molecular weight is 296 g/mol. The van der Waals surface area contributed by atoms with Gasteiger partial charge in [-0.05, 0) is 0 Å². The summed E-state index contributed by atoms with van der Waals surface area (Å²) in [6.07, 6.45) is -1.40. The normalized spacial score (nSPS) is 29.2. The number of ether oxygens (including phenoxy) is 1. The van der Waals surface area contributed by atoms with Crippen LogP contribution in [0.4, 0.5) is 5.82 Å². The van der Waals surface area contributed by atoms with Crippen LogP contribution in [0.25, 0.3) is 11.2 Å². The Morgan fingerprint density at radius 3 is 2.71 bits per heavy atom. The second-order valence-corrected chi connectivity index (χ2v) is 4.86. The molecule has 2 aromatic rings. The topological polar surface area (TPSA) is 143 Å². The zero-order valence-corrected chi connectivity index (χ0v) is 11.2. The highest BCUT2D eigenvalue weighted by Gasteiger charge is 2.44. The van der Waals surface area contributed by atoms with Crippen LogP contribution in [0.2, 0.25) is 0 Å². The third kappa shape index (κ3) is 2.13. The molecule has 0 spiro atoms. The van der Waals surface area contributed by atoms with Crippen molar-refractivity contribution in [1.29, 1.82) is 0 Å². The highest BCUT2D eigenvalue weighted by molar-refractivity contribution is 5.82. The van der Waals surface area contributed by atoms with E-state index >= 15 is 0 Å². The number of nitrogens with zero attached hydrogens (tertiary/aromatic N) is 5. The molecule has 0 aliphatic carbocycles. The molecule has 21 heavy (non-hydrogen) atoms. The van der Waals surface area contributed by atoms with E-state index in [9.17, 15) is 10.2 Å². The molecule has 0 radical (unpaired) electrons. The number of fused-ring (bicyclic) bond motifs is 1. The van der Waals surface area contributed by atoms with Gasteiger partial charge >= 0.3 is 0 Å². The fourth-order valence-electron chi connectivity index (χ4n) is 2.39. The van der Waals surface area contributed by atoms with Gasteiger partial charge in [0.2, 0.25) is 0 Å². The smallest absolute Gasteiger partial charge is 0.174 e. The van der Waals surface area contributed by atoms with Gasteiger partial charge in [0.15, 0.2) is 23.2 Å². The number of anilines is 1. The highest BCUT2D eigenvalue weighted by atomic mass is 16.6. The lowest BCUT2D eigenvalue weighted by molar-refractivity contribution is -0.0511. The SMILES string of the molecule is CN(N)c1ncnc2c1ncn2[C@@H]1O[C@@H](CO)[C@@H](O)[C@H]1O. The zero-order valence-electron chi connectivity index (χ0n) is 11.2. The molecular weight excluding hydrogens is 280 g/mol. The molecule has 2 aromatic heterocycles. The summed E-state index contributed by atoms with van der Waals surface area (Å²) in [4.78, 5) is 12.3. The van der Waals surface area contributed by atoms with Crippen LogP contribution >= 0.6 is 0 Å². The van der Waals surface area contributed by atoms with Crippen LogP contribution in [-0.4, -0.2) is 66.8 Å². The van der Waals surface area contributed by atoms with Crippen LogP contribution in [0.1, 0.15) is 6.23 Å².